The van der Waals surface area contributed by atoms with Crippen LogP contribution in [0.25, 0.3) is 0 Å². The molecule has 1 amide bonds. The second kappa shape index (κ2) is 5.19. The van der Waals surface area contributed by atoms with Crippen molar-refractivity contribution >= 4 is 45.2 Å². The van der Waals surface area contributed by atoms with E-state index in [9.17, 15) is 9.59 Å². The van der Waals surface area contributed by atoms with Crippen molar-refractivity contribution in [1.82, 2.24) is 9.97 Å². The number of ether oxygens (including phenoxy) is 1. The molecule has 1 aromatic rings. The molecule has 0 radical (unpaired) electrons. The Kier molecular flexibility index (Phi) is 3.82. The van der Waals surface area contributed by atoms with Crippen LogP contribution in [0.4, 0.5) is 5.82 Å². The van der Waals surface area contributed by atoms with Gasteiger partial charge in [0, 0.05) is 19.2 Å². The van der Waals surface area contributed by atoms with E-state index in [0.29, 0.717) is 10.3 Å². The number of nitrogens with zero attached hydrogens (tertiary/aromatic N) is 3. The Morgan fingerprint density at radius 1 is 1.67 bits per heavy atom. The van der Waals surface area contributed by atoms with Crippen molar-refractivity contribution in [3.63, 3.8) is 0 Å². The minimum absolute atomic E-state index is 0.0440. The molecule has 0 bridgehead atoms. The fraction of sp³-hybridized carbons (Fsp3) is 0.400. The van der Waals surface area contributed by atoms with Gasteiger partial charge in [0.25, 0.3) is 0 Å². The van der Waals surface area contributed by atoms with Gasteiger partial charge in [0.05, 0.1) is 17.5 Å². The van der Waals surface area contributed by atoms with Crippen molar-refractivity contribution in [1.29, 1.82) is 0 Å². The van der Waals surface area contributed by atoms with Crippen LogP contribution >= 0.6 is 27.5 Å². The molecule has 96 valence electrons. The van der Waals surface area contributed by atoms with Crippen molar-refractivity contribution < 1.29 is 14.3 Å². The van der Waals surface area contributed by atoms with Crippen LogP contribution in [0.2, 0.25) is 5.28 Å². The third kappa shape index (κ3) is 2.46. The van der Waals surface area contributed by atoms with E-state index < -0.39 is 11.9 Å². The van der Waals surface area contributed by atoms with Crippen LogP contribution in [0.5, 0.6) is 0 Å². The van der Waals surface area contributed by atoms with E-state index in [1.54, 1.807) is 0 Å². The average Bonchev–Trinajstić information content (AvgIpc) is 2.73. The highest BCUT2D eigenvalue weighted by Gasteiger charge is 2.37. The van der Waals surface area contributed by atoms with Crippen LogP contribution in [0.1, 0.15) is 6.42 Å². The van der Waals surface area contributed by atoms with Crippen LogP contribution in [0, 0.1) is 5.92 Å². The number of methoxy groups -OCH3 is 1. The molecule has 2 heterocycles. The van der Waals surface area contributed by atoms with Gasteiger partial charge in [-0.3, -0.25) is 14.5 Å². The second-order valence-electron chi connectivity index (χ2n) is 3.74. The third-order valence-corrected chi connectivity index (χ3v) is 3.35. The minimum atomic E-state index is -0.469. The smallest absolute Gasteiger partial charge is 0.311 e. The SMILES string of the molecule is COC(=O)C1CC(=O)N(c2nc(Cl)ncc2Br)C1. The van der Waals surface area contributed by atoms with Crippen molar-refractivity contribution in [2.24, 2.45) is 5.92 Å². The van der Waals surface area contributed by atoms with Crippen LogP contribution in [-0.4, -0.2) is 35.5 Å². The van der Waals surface area contributed by atoms with E-state index in [4.69, 9.17) is 11.6 Å². The number of hydrogen-bond acceptors (Lipinski definition) is 5. The molecule has 2 rings (SSSR count). The Balaban J connectivity index is 2.27. The molecule has 0 spiro atoms. The summed E-state index contributed by atoms with van der Waals surface area (Å²) in [5, 5.41) is 0.0440. The highest BCUT2D eigenvalue weighted by Crippen LogP contribution is 2.30. The number of carbonyl (C=O) groups is 2. The fourth-order valence-corrected chi connectivity index (χ4v) is 2.30. The maximum atomic E-state index is 11.9. The van der Waals surface area contributed by atoms with Gasteiger partial charge in [0.15, 0.2) is 5.82 Å². The number of hydrogen-bond donors (Lipinski definition) is 0. The zero-order chi connectivity index (χ0) is 13.3. The van der Waals surface area contributed by atoms with Crippen LogP contribution < -0.4 is 4.90 Å². The standard InChI is InChI=1S/C10H9BrClN3O3/c1-18-9(17)5-2-7(16)15(4-5)8-6(11)3-13-10(12)14-8/h3,5H,2,4H2,1H3. The fourth-order valence-electron chi connectivity index (χ4n) is 1.76. The van der Waals surface area contributed by atoms with E-state index >= 15 is 0 Å². The van der Waals surface area contributed by atoms with Crippen LogP contribution in [0.3, 0.4) is 0 Å². The van der Waals surface area contributed by atoms with Crippen molar-refractivity contribution in [2.45, 2.75) is 6.42 Å². The number of aromatic nitrogens is 2. The normalized spacial score (nSPS) is 19.2. The summed E-state index contributed by atoms with van der Waals surface area (Å²) in [6.07, 6.45) is 1.57. The molecule has 0 N–H and O–H groups in total. The van der Waals surface area contributed by atoms with Gasteiger partial charge in [-0.2, -0.15) is 4.98 Å². The van der Waals surface area contributed by atoms with Crippen molar-refractivity contribution in [3.05, 3.63) is 16.0 Å². The molecule has 1 aliphatic rings. The summed E-state index contributed by atoms with van der Waals surface area (Å²) >= 11 is 8.94. The maximum absolute atomic E-state index is 11.9. The van der Waals surface area contributed by atoms with Crippen molar-refractivity contribution in [3.8, 4) is 0 Å². The van der Waals surface area contributed by atoms with Crippen LogP contribution in [-0.2, 0) is 14.3 Å². The number of rotatable bonds is 2. The number of halogens is 2. The Morgan fingerprint density at radius 2 is 2.39 bits per heavy atom. The largest absolute Gasteiger partial charge is 0.469 e. The van der Waals surface area contributed by atoms with Gasteiger partial charge in [-0.1, -0.05) is 0 Å². The molecule has 1 fully saturated rings. The molecule has 0 aliphatic carbocycles. The number of carbonyl (C=O) groups excluding carboxylic acids is 2. The van der Waals surface area contributed by atoms with Gasteiger partial charge >= 0.3 is 5.97 Å². The lowest BCUT2D eigenvalue weighted by molar-refractivity contribution is -0.145. The van der Waals surface area contributed by atoms with E-state index in [0.717, 1.165) is 0 Å². The molecule has 1 saturated heterocycles. The highest BCUT2D eigenvalue weighted by molar-refractivity contribution is 9.10. The summed E-state index contributed by atoms with van der Waals surface area (Å²) in [7, 11) is 1.30. The molecule has 0 aromatic carbocycles. The third-order valence-electron chi connectivity index (χ3n) is 2.61. The monoisotopic (exact) mass is 333 g/mol. The summed E-state index contributed by atoms with van der Waals surface area (Å²) in [5.74, 6) is -0.697. The molecule has 8 heteroatoms. The lowest BCUT2D eigenvalue weighted by atomic mass is 10.1. The van der Waals surface area contributed by atoms with E-state index in [-0.39, 0.29) is 24.2 Å². The predicted molar refractivity (Wildman–Crippen MR) is 67.2 cm³/mol. The molecule has 18 heavy (non-hydrogen) atoms. The Morgan fingerprint density at radius 3 is 3.06 bits per heavy atom. The summed E-state index contributed by atoms with van der Waals surface area (Å²) < 4.78 is 5.18. The summed E-state index contributed by atoms with van der Waals surface area (Å²) in [6, 6.07) is 0. The molecule has 6 nitrogen and oxygen atoms in total. The Bertz CT molecular complexity index is 511. The van der Waals surface area contributed by atoms with E-state index in [1.807, 2.05) is 0 Å². The first-order valence-electron chi connectivity index (χ1n) is 5.09. The molecule has 1 aliphatic heterocycles. The first-order valence-corrected chi connectivity index (χ1v) is 6.26. The van der Waals surface area contributed by atoms with E-state index in [1.165, 1.54) is 18.2 Å². The Labute approximate surface area is 116 Å². The molecular formula is C10H9BrClN3O3. The highest BCUT2D eigenvalue weighted by atomic mass is 79.9. The molecular weight excluding hydrogens is 325 g/mol. The van der Waals surface area contributed by atoms with Gasteiger partial charge in [-0.25, -0.2) is 4.98 Å². The quantitative estimate of drug-likeness (QED) is 0.604. The van der Waals surface area contributed by atoms with Gasteiger partial charge in [0.1, 0.15) is 0 Å². The zero-order valence-electron chi connectivity index (χ0n) is 9.39. The average molecular weight is 335 g/mol. The minimum Gasteiger partial charge on any atom is -0.469 e. The lowest BCUT2D eigenvalue weighted by Gasteiger charge is -2.16. The predicted octanol–water partition coefficient (Wildman–Crippen LogP) is 1.42. The topological polar surface area (TPSA) is 72.4 Å². The maximum Gasteiger partial charge on any atom is 0.311 e. The number of esters is 1. The van der Waals surface area contributed by atoms with E-state index in [2.05, 4.69) is 30.6 Å². The van der Waals surface area contributed by atoms with Gasteiger partial charge in [-0.15, -0.1) is 0 Å². The molecule has 1 aromatic heterocycles. The van der Waals surface area contributed by atoms with Crippen molar-refractivity contribution in [2.75, 3.05) is 18.6 Å². The summed E-state index contributed by atoms with van der Waals surface area (Å²) in [5.41, 5.74) is 0. The Hall–Kier alpha value is -1.21. The first kappa shape index (κ1) is 13.2. The summed E-state index contributed by atoms with van der Waals surface area (Å²) in [6.45, 7) is 0.234. The first-order chi connectivity index (χ1) is 8.52. The second-order valence-corrected chi connectivity index (χ2v) is 4.93. The lowest BCUT2D eigenvalue weighted by Crippen LogP contribution is -2.27. The molecule has 1 unspecified atom stereocenters. The van der Waals surface area contributed by atoms with Crippen LogP contribution in [0.15, 0.2) is 10.7 Å². The molecule has 0 saturated carbocycles. The molecule has 1 atom stereocenters. The van der Waals surface area contributed by atoms with Gasteiger partial charge < -0.3 is 4.74 Å². The van der Waals surface area contributed by atoms with Gasteiger partial charge in [-0.05, 0) is 27.5 Å². The number of anilines is 1. The number of amides is 1. The summed E-state index contributed by atoms with van der Waals surface area (Å²) in [4.78, 5) is 32.5. The van der Waals surface area contributed by atoms with Gasteiger partial charge in [0.2, 0.25) is 11.2 Å². The zero-order valence-corrected chi connectivity index (χ0v) is 11.7.